The molecule has 0 unspecified atom stereocenters. The largest absolute Gasteiger partial charge is 0.0885 e. The van der Waals surface area contributed by atoms with Gasteiger partial charge in [-0.15, -0.1) is 0 Å². The molecule has 0 aliphatic rings. The minimum Gasteiger partial charge on any atom is -0.0885 e. The molecule has 0 amide bonds. The average molecular weight is 98.2 g/mol. The first-order valence-corrected chi connectivity index (χ1v) is 2.81. The normalized spacial score (nSPS) is 13.0. The van der Waals surface area contributed by atoms with Gasteiger partial charge in [-0.3, -0.25) is 0 Å². The summed E-state index contributed by atoms with van der Waals surface area (Å²) in [6.45, 7) is 8.64. The van der Waals surface area contributed by atoms with Gasteiger partial charge in [0.05, 0.1) is 0 Å². The zero-order valence-corrected chi connectivity index (χ0v) is 5.65. The van der Waals surface area contributed by atoms with Crippen LogP contribution in [-0.2, 0) is 0 Å². The third-order valence-electron chi connectivity index (χ3n) is 1.37. The third kappa shape index (κ3) is 2.44. The molecule has 0 saturated carbocycles. The van der Waals surface area contributed by atoms with E-state index in [0.29, 0.717) is 0 Å². The van der Waals surface area contributed by atoms with Crippen LogP contribution in [0, 0.1) is 5.92 Å². The van der Waals surface area contributed by atoms with Crippen LogP contribution in [0.2, 0.25) is 0 Å². The van der Waals surface area contributed by atoms with E-state index < -0.39 is 0 Å². The van der Waals surface area contributed by atoms with Gasteiger partial charge in [0.2, 0.25) is 0 Å². The number of hydrogen-bond acceptors (Lipinski definition) is 0. The van der Waals surface area contributed by atoms with Crippen LogP contribution in [0.3, 0.4) is 0 Å². The van der Waals surface area contributed by atoms with E-state index in [4.69, 9.17) is 0 Å². The molecule has 0 aromatic rings. The Balaban J connectivity index is 3.56. The van der Waals surface area contributed by atoms with Gasteiger partial charge in [0, 0.05) is 0 Å². The van der Waals surface area contributed by atoms with Crippen molar-refractivity contribution >= 4 is 0 Å². The fourth-order valence-electron chi connectivity index (χ4n) is 0.333. The predicted octanol–water partition coefficient (Wildman–Crippen LogP) is 2.61. The molecule has 0 bridgehead atoms. The minimum absolute atomic E-state index is 0.727. The quantitative estimate of drug-likeness (QED) is 0.442. The standard InChI is InChI=1S/C7H14/c1-5-7(4)6(2)3/h5-6H,1-4H3. The lowest BCUT2D eigenvalue weighted by Gasteiger charge is -2.00. The Bertz CT molecular complexity index is 68.1. The van der Waals surface area contributed by atoms with E-state index in [-0.39, 0.29) is 0 Å². The van der Waals surface area contributed by atoms with Gasteiger partial charge in [-0.1, -0.05) is 25.5 Å². The Hall–Kier alpha value is -0.260. The second kappa shape index (κ2) is 2.84. The molecule has 7 heavy (non-hydrogen) atoms. The summed E-state index contributed by atoms with van der Waals surface area (Å²) in [7, 11) is 0. The van der Waals surface area contributed by atoms with Crippen molar-refractivity contribution < 1.29 is 0 Å². The van der Waals surface area contributed by atoms with Crippen molar-refractivity contribution in [2.75, 3.05) is 0 Å². The fourth-order valence-corrected chi connectivity index (χ4v) is 0.333. The van der Waals surface area contributed by atoms with E-state index in [2.05, 4.69) is 33.8 Å². The maximum absolute atomic E-state index is 2.20. The van der Waals surface area contributed by atoms with Crippen LogP contribution < -0.4 is 0 Å². The first kappa shape index (κ1) is 6.74. The fraction of sp³-hybridized carbons (Fsp3) is 0.714. The topological polar surface area (TPSA) is 0 Å². The summed E-state index contributed by atoms with van der Waals surface area (Å²) < 4.78 is 0. The molecule has 0 heteroatoms. The highest BCUT2D eigenvalue weighted by atomic mass is 14.0. The molecule has 0 aromatic heterocycles. The van der Waals surface area contributed by atoms with Gasteiger partial charge >= 0.3 is 0 Å². The maximum atomic E-state index is 2.20. The minimum atomic E-state index is 0.727. The monoisotopic (exact) mass is 98.1 g/mol. The summed E-state index contributed by atoms with van der Waals surface area (Å²) in [4.78, 5) is 0. The summed E-state index contributed by atoms with van der Waals surface area (Å²) in [5, 5.41) is 0. The number of rotatable bonds is 1. The zero-order valence-electron chi connectivity index (χ0n) is 5.65. The summed E-state index contributed by atoms with van der Waals surface area (Å²) in [6.07, 6.45) is 2.16. The summed E-state index contributed by atoms with van der Waals surface area (Å²) in [5.74, 6) is 0.727. The second-order valence-electron chi connectivity index (χ2n) is 2.19. The molecule has 42 valence electrons. The molecule has 0 aromatic carbocycles. The van der Waals surface area contributed by atoms with E-state index in [1.807, 2.05) is 0 Å². The van der Waals surface area contributed by atoms with Crippen LogP contribution in [0.25, 0.3) is 0 Å². The van der Waals surface area contributed by atoms with Gasteiger partial charge in [0.25, 0.3) is 0 Å². The highest BCUT2D eigenvalue weighted by Gasteiger charge is 1.90. The van der Waals surface area contributed by atoms with Gasteiger partial charge in [0.1, 0.15) is 0 Å². The molecular weight excluding hydrogens is 84.1 g/mol. The highest BCUT2D eigenvalue weighted by Crippen LogP contribution is 2.05. The first-order valence-electron chi connectivity index (χ1n) is 2.81. The van der Waals surface area contributed by atoms with Crippen LogP contribution in [-0.4, -0.2) is 0 Å². The molecule has 0 nitrogen and oxygen atoms in total. The van der Waals surface area contributed by atoms with Crippen molar-refractivity contribution in [1.29, 1.82) is 0 Å². The lowest BCUT2D eigenvalue weighted by atomic mass is 10.1. The summed E-state index contributed by atoms with van der Waals surface area (Å²) in [5.41, 5.74) is 1.47. The van der Waals surface area contributed by atoms with Crippen molar-refractivity contribution in [2.45, 2.75) is 27.7 Å². The Morgan fingerprint density at radius 1 is 1.43 bits per heavy atom. The molecule has 0 spiro atoms. The Kier molecular flexibility index (Phi) is 2.73. The lowest BCUT2D eigenvalue weighted by Crippen LogP contribution is -1.85. The van der Waals surface area contributed by atoms with Crippen molar-refractivity contribution in [3.05, 3.63) is 11.6 Å². The second-order valence-corrected chi connectivity index (χ2v) is 2.19. The zero-order chi connectivity index (χ0) is 5.86. The van der Waals surface area contributed by atoms with Crippen LogP contribution in [0.1, 0.15) is 27.7 Å². The SMILES string of the molecule is CC=C(C)C(C)C. The number of allylic oxidation sites excluding steroid dienone is 2. The van der Waals surface area contributed by atoms with E-state index in [1.54, 1.807) is 0 Å². The maximum Gasteiger partial charge on any atom is -0.0263 e. The molecule has 0 rings (SSSR count). The van der Waals surface area contributed by atoms with Crippen LogP contribution in [0.5, 0.6) is 0 Å². The summed E-state index contributed by atoms with van der Waals surface area (Å²) in [6, 6.07) is 0. The van der Waals surface area contributed by atoms with Crippen molar-refractivity contribution in [3.63, 3.8) is 0 Å². The Morgan fingerprint density at radius 3 is 1.86 bits per heavy atom. The molecule has 0 fully saturated rings. The van der Waals surface area contributed by atoms with Gasteiger partial charge in [0.15, 0.2) is 0 Å². The van der Waals surface area contributed by atoms with E-state index in [1.165, 1.54) is 5.57 Å². The van der Waals surface area contributed by atoms with Gasteiger partial charge < -0.3 is 0 Å². The van der Waals surface area contributed by atoms with Crippen LogP contribution in [0.15, 0.2) is 11.6 Å². The smallest absolute Gasteiger partial charge is 0.0263 e. The molecular formula is C7H14. The van der Waals surface area contributed by atoms with Gasteiger partial charge in [-0.05, 0) is 19.8 Å². The lowest BCUT2D eigenvalue weighted by molar-refractivity contribution is 0.767. The molecule has 0 atom stereocenters. The van der Waals surface area contributed by atoms with E-state index in [9.17, 15) is 0 Å². The number of hydrogen-bond donors (Lipinski definition) is 0. The van der Waals surface area contributed by atoms with Crippen molar-refractivity contribution in [1.82, 2.24) is 0 Å². The Labute approximate surface area is 46.2 Å². The predicted molar refractivity (Wildman–Crippen MR) is 34.3 cm³/mol. The molecule has 0 aliphatic carbocycles. The third-order valence-corrected chi connectivity index (χ3v) is 1.37. The van der Waals surface area contributed by atoms with Crippen molar-refractivity contribution in [2.24, 2.45) is 5.92 Å². The van der Waals surface area contributed by atoms with E-state index >= 15 is 0 Å². The van der Waals surface area contributed by atoms with Crippen LogP contribution >= 0.6 is 0 Å². The van der Waals surface area contributed by atoms with Crippen LogP contribution in [0.4, 0.5) is 0 Å². The van der Waals surface area contributed by atoms with E-state index in [0.717, 1.165) is 5.92 Å². The average Bonchev–Trinajstić information content (AvgIpc) is 1.65. The molecule has 0 radical (unpaired) electrons. The molecule has 0 saturated heterocycles. The first-order chi connectivity index (χ1) is 3.18. The van der Waals surface area contributed by atoms with Gasteiger partial charge in [-0.2, -0.15) is 0 Å². The molecule has 0 aliphatic heterocycles. The Morgan fingerprint density at radius 2 is 1.86 bits per heavy atom. The van der Waals surface area contributed by atoms with Crippen molar-refractivity contribution in [3.8, 4) is 0 Å². The summed E-state index contributed by atoms with van der Waals surface area (Å²) >= 11 is 0. The highest BCUT2D eigenvalue weighted by molar-refractivity contribution is 4.97. The molecule has 0 N–H and O–H groups in total. The molecule has 0 heterocycles. The van der Waals surface area contributed by atoms with Gasteiger partial charge in [-0.25, -0.2) is 0 Å².